The quantitative estimate of drug-likeness (QED) is 0.616. The Morgan fingerprint density at radius 3 is 2.63 bits per heavy atom. The van der Waals surface area contributed by atoms with Crippen molar-refractivity contribution in [2.24, 2.45) is 0 Å². The first-order valence-corrected chi connectivity index (χ1v) is 9.36. The van der Waals surface area contributed by atoms with E-state index in [1.165, 1.54) is 0 Å². The number of rotatable bonds is 3. The van der Waals surface area contributed by atoms with Crippen molar-refractivity contribution in [3.63, 3.8) is 0 Å². The van der Waals surface area contributed by atoms with Gasteiger partial charge in [-0.1, -0.05) is 11.6 Å². The zero-order chi connectivity index (χ0) is 18.4. The maximum absolute atomic E-state index is 12.3. The van der Waals surface area contributed by atoms with Crippen molar-refractivity contribution in [1.29, 1.82) is 0 Å². The van der Waals surface area contributed by atoms with Gasteiger partial charge in [0.2, 0.25) is 6.79 Å². The van der Waals surface area contributed by atoms with Crippen molar-refractivity contribution in [2.75, 3.05) is 6.79 Å². The highest BCUT2D eigenvalue weighted by Crippen LogP contribution is 2.37. The smallest absolute Gasteiger partial charge is 0.339 e. The number of hydrogen-bond donors (Lipinski definition) is 0. The summed E-state index contributed by atoms with van der Waals surface area (Å²) >= 11 is 6.29. The van der Waals surface area contributed by atoms with Gasteiger partial charge in [0.05, 0.1) is 5.02 Å². The lowest BCUT2D eigenvalue weighted by Crippen LogP contribution is -2.15. The summed E-state index contributed by atoms with van der Waals surface area (Å²) in [5.41, 5.74) is 3.09. The van der Waals surface area contributed by atoms with Crippen molar-refractivity contribution in [1.82, 2.24) is 0 Å². The fourth-order valence-corrected chi connectivity index (χ4v) is 3.95. The van der Waals surface area contributed by atoms with Gasteiger partial charge in [0, 0.05) is 28.6 Å². The van der Waals surface area contributed by atoms with E-state index < -0.39 is 0 Å². The van der Waals surface area contributed by atoms with Crippen LogP contribution >= 0.6 is 11.6 Å². The average Bonchev–Trinajstić information content (AvgIpc) is 3.13. The van der Waals surface area contributed by atoms with Crippen molar-refractivity contribution >= 4 is 22.6 Å². The summed E-state index contributed by atoms with van der Waals surface area (Å²) in [6.07, 6.45) is 3.87. The summed E-state index contributed by atoms with van der Waals surface area (Å²) in [4.78, 5) is 12.3. The van der Waals surface area contributed by atoms with Crippen LogP contribution in [0.2, 0.25) is 5.02 Å². The minimum absolute atomic E-state index is 0.198. The fraction of sp³-hybridized carbons (Fsp3) is 0.286. The number of halogens is 1. The van der Waals surface area contributed by atoms with Crippen LogP contribution in [-0.2, 0) is 19.4 Å². The van der Waals surface area contributed by atoms with Gasteiger partial charge in [0.1, 0.15) is 17.9 Å². The van der Waals surface area contributed by atoms with E-state index in [0.717, 1.165) is 47.8 Å². The van der Waals surface area contributed by atoms with E-state index in [4.69, 9.17) is 30.2 Å². The van der Waals surface area contributed by atoms with Crippen molar-refractivity contribution in [3.8, 4) is 17.2 Å². The summed E-state index contributed by atoms with van der Waals surface area (Å²) in [7, 11) is 0. The van der Waals surface area contributed by atoms with E-state index in [1.54, 1.807) is 12.1 Å². The molecule has 1 aromatic heterocycles. The predicted octanol–water partition coefficient (Wildman–Crippen LogP) is 4.63. The van der Waals surface area contributed by atoms with Gasteiger partial charge >= 0.3 is 5.63 Å². The SMILES string of the molecule is O=c1oc2cc(OCc3cc4c(cc3Cl)OCO4)ccc2c2c1CCCC2. The molecule has 27 heavy (non-hydrogen) atoms. The molecule has 2 aromatic carbocycles. The molecule has 5 nitrogen and oxygen atoms in total. The molecule has 0 saturated heterocycles. The van der Waals surface area contributed by atoms with E-state index in [2.05, 4.69) is 0 Å². The van der Waals surface area contributed by atoms with Crippen molar-refractivity contribution in [3.05, 3.63) is 62.5 Å². The minimum Gasteiger partial charge on any atom is -0.489 e. The highest BCUT2D eigenvalue weighted by molar-refractivity contribution is 6.31. The van der Waals surface area contributed by atoms with Crippen LogP contribution < -0.4 is 19.8 Å². The Morgan fingerprint density at radius 2 is 1.78 bits per heavy atom. The molecule has 2 heterocycles. The zero-order valence-electron chi connectivity index (χ0n) is 14.5. The molecule has 1 aliphatic carbocycles. The number of aryl methyl sites for hydroxylation is 1. The molecule has 1 aliphatic heterocycles. The van der Waals surface area contributed by atoms with E-state index in [-0.39, 0.29) is 19.0 Å². The van der Waals surface area contributed by atoms with E-state index in [9.17, 15) is 4.79 Å². The molecule has 0 N–H and O–H groups in total. The Kier molecular flexibility index (Phi) is 3.97. The van der Waals surface area contributed by atoms with Crippen molar-refractivity contribution in [2.45, 2.75) is 32.3 Å². The summed E-state index contributed by atoms with van der Waals surface area (Å²) in [5, 5.41) is 1.55. The molecule has 0 fully saturated rings. The first kappa shape index (κ1) is 16.5. The van der Waals surface area contributed by atoms with Crippen LogP contribution in [0.4, 0.5) is 0 Å². The van der Waals surface area contributed by atoms with Crippen LogP contribution in [0, 0.1) is 0 Å². The summed E-state index contributed by atoms with van der Waals surface area (Å²) in [6, 6.07) is 9.19. The van der Waals surface area contributed by atoms with Gasteiger partial charge < -0.3 is 18.6 Å². The van der Waals surface area contributed by atoms with Crippen LogP contribution in [0.25, 0.3) is 11.0 Å². The second kappa shape index (κ2) is 6.50. The number of fused-ring (bicyclic) bond motifs is 4. The normalized spacial score (nSPS) is 15.0. The minimum atomic E-state index is -0.229. The van der Waals surface area contributed by atoms with E-state index in [1.807, 2.05) is 18.2 Å². The van der Waals surface area contributed by atoms with Gasteiger partial charge in [-0.15, -0.1) is 0 Å². The molecule has 0 bridgehead atoms. The summed E-state index contributed by atoms with van der Waals surface area (Å²) in [5.74, 6) is 1.92. The highest BCUT2D eigenvalue weighted by Gasteiger charge is 2.19. The van der Waals surface area contributed by atoms with Crippen LogP contribution in [0.15, 0.2) is 39.5 Å². The lowest BCUT2D eigenvalue weighted by molar-refractivity contribution is 0.174. The lowest BCUT2D eigenvalue weighted by Gasteiger charge is -2.16. The molecular weight excluding hydrogens is 368 g/mol. The Balaban J connectivity index is 1.44. The second-order valence-electron chi connectivity index (χ2n) is 6.80. The van der Waals surface area contributed by atoms with Gasteiger partial charge in [0.25, 0.3) is 0 Å². The predicted molar refractivity (Wildman–Crippen MR) is 101 cm³/mol. The molecule has 5 rings (SSSR count). The first-order valence-electron chi connectivity index (χ1n) is 8.98. The van der Waals surface area contributed by atoms with E-state index in [0.29, 0.717) is 27.9 Å². The number of hydrogen-bond acceptors (Lipinski definition) is 5. The molecule has 0 radical (unpaired) electrons. The Labute approximate surface area is 160 Å². The monoisotopic (exact) mass is 384 g/mol. The zero-order valence-corrected chi connectivity index (χ0v) is 15.3. The summed E-state index contributed by atoms with van der Waals surface area (Å²) < 4.78 is 22.1. The lowest BCUT2D eigenvalue weighted by atomic mass is 9.91. The molecule has 0 spiro atoms. The third-order valence-electron chi connectivity index (χ3n) is 5.13. The number of ether oxygens (including phenoxy) is 3. The van der Waals surface area contributed by atoms with E-state index >= 15 is 0 Å². The third kappa shape index (κ3) is 2.92. The van der Waals surface area contributed by atoms with Crippen LogP contribution in [0.5, 0.6) is 17.2 Å². The van der Waals surface area contributed by atoms with Gasteiger partial charge in [0.15, 0.2) is 11.5 Å². The topological polar surface area (TPSA) is 57.9 Å². The van der Waals surface area contributed by atoms with Gasteiger partial charge in [-0.2, -0.15) is 0 Å². The molecular formula is C21H17ClO5. The molecule has 0 atom stereocenters. The van der Waals surface area contributed by atoms with Gasteiger partial charge in [-0.25, -0.2) is 4.79 Å². The molecule has 0 amide bonds. The Hall–Kier alpha value is -2.66. The maximum Gasteiger partial charge on any atom is 0.339 e. The van der Waals surface area contributed by atoms with Crippen molar-refractivity contribution < 1.29 is 18.6 Å². The van der Waals surface area contributed by atoms with Gasteiger partial charge in [-0.05, 0) is 49.4 Å². The standard InChI is InChI=1S/C21H17ClO5/c22-17-9-20-19(25-11-26-20)7-12(17)10-24-13-5-6-15-14-3-1-2-4-16(14)21(23)27-18(15)8-13/h5-9H,1-4,10-11H2. The maximum atomic E-state index is 12.3. The fourth-order valence-electron chi connectivity index (χ4n) is 3.75. The molecule has 2 aliphatic rings. The number of benzene rings is 2. The molecule has 138 valence electrons. The molecule has 3 aromatic rings. The van der Waals surface area contributed by atoms with Crippen LogP contribution in [0.3, 0.4) is 0 Å². The third-order valence-corrected chi connectivity index (χ3v) is 5.48. The molecule has 0 unspecified atom stereocenters. The Bertz CT molecular complexity index is 1100. The first-order chi connectivity index (χ1) is 13.2. The average molecular weight is 385 g/mol. The Morgan fingerprint density at radius 1 is 1.00 bits per heavy atom. The molecule has 6 heteroatoms. The molecule has 0 saturated carbocycles. The van der Waals surface area contributed by atoms with Crippen LogP contribution in [-0.4, -0.2) is 6.79 Å². The van der Waals surface area contributed by atoms with Gasteiger partial charge in [-0.3, -0.25) is 0 Å². The van der Waals surface area contributed by atoms with Crippen LogP contribution in [0.1, 0.15) is 29.5 Å². The largest absolute Gasteiger partial charge is 0.489 e. The summed E-state index contributed by atoms with van der Waals surface area (Å²) in [6.45, 7) is 0.472. The second-order valence-corrected chi connectivity index (χ2v) is 7.20. The highest BCUT2D eigenvalue weighted by atomic mass is 35.5.